The van der Waals surface area contributed by atoms with E-state index < -0.39 is 21.1 Å². The van der Waals surface area contributed by atoms with E-state index in [2.05, 4.69) is 0 Å². The van der Waals surface area contributed by atoms with Gasteiger partial charge in [-0.2, -0.15) is 0 Å². The molecule has 0 amide bonds. The predicted molar refractivity (Wildman–Crippen MR) is 145 cm³/mol. The quantitative estimate of drug-likeness (QED) is 0.289. The molecule has 1 fully saturated rings. The van der Waals surface area contributed by atoms with Crippen LogP contribution < -0.4 is 0 Å². The smallest absolute Gasteiger partial charge is 0.338 e. The minimum absolute atomic E-state index is 0.379. The predicted octanol–water partition coefficient (Wildman–Crippen LogP) is 7.19. The van der Waals surface area contributed by atoms with E-state index in [0.717, 1.165) is 28.7 Å². The summed E-state index contributed by atoms with van der Waals surface area (Å²) in [6, 6.07) is 22.3. The summed E-state index contributed by atoms with van der Waals surface area (Å²) in [5.74, 6) is 0.210. The summed E-state index contributed by atoms with van der Waals surface area (Å²) in [6.07, 6.45) is 8.15. The molecule has 190 valence electrons. The van der Waals surface area contributed by atoms with Gasteiger partial charge in [0.05, 0.1) is 22.8 Å². The Balaban J connectivity index is 1.69. The van der Waals surface area contributed by atoms with E-state index in [1.165, 1.54) is 39.2 Å². The summed E-state index contributed by atoms with van der Waals surface area (Å²) < 4.78 is 32.6. The Labute approximate surface area is 215 Å². The fourth-order valence-electron chi connectivity index (χ4n) is 5.43. The molecular weight excluding hydrogens is 468 g/mol. The molecule has 0 aromatic heterocycles. The molecule has 3 aromatic carbocycles. The van der Waals surface area contributed by atoms with Crippen LogP contribution in [-0.4, -0.2) is 26.7 Å². The van der Waals surface area contributed by atoms with Gasteiger partial charge in [-0.1, -0.05) is 86.7 Å². The molecule has 1 aliphatic carbocycles. The highest BCUT2D eigenvalue weighted by Gasteiger charge is 2.29. The first-order valence-corrected chi connectivity index (χ1v) is 14.5. The first-order valence-electron chi connectivity index (χ1n) is 13.0. The summed E-state index contributed by atoms with van der Waals surface area (Å²) in [5, 5.41) is -0.518. The molecule has 1 unspecified atom stereocenters. The zero-order valence-electron chi connectivity index (χ0n) is 21.3. The maximum Gasteiger partial charge on any atom is 0.338 e. The molecule has 36 heavy (non-hydrogen) atoms. The molecule has 1 saturated carbocycles. The SMILES string of the molecule is COC(=O)c1ccc(CC(CCC2CCCCC2)S(=O)(=O)c2ccccc2)cc1-c1ccccc1C. The number of carbonyl (C=O) groups is 1. The molecule has 0 spiro atoms. The highest BCUT2D eigenvalue weighted by Crippen LogP contribution is 2.33. The summed E-state index contributed by atoms with van der Waals surface area (Å²) >= 11 is 0. The van der Waals surface area contributed by atoms with Gasteiger partial charge in [-0.25, -0.2) is 13.2 Å². The van der Waals surface area contributed by atoms with Crippen LogP contribution in [0.25, 0.3) is 11.1 Å². The van der Waals surface area contributed by atoms with Crippen molar-refractivity contribution in [1.82, 2.24) is 0 Å². The summed E-state index contributed by atoms with van der Waals surface area (Å²) in [5.41, 5.74) is 4.17. The van der Waals surface area contributed by atoms with Gasteiger partial charge in [0.1, 0.15) is 0 Å². The topological polar surface area (TPSA) is 60.4 Å². The average molecular weight is 505 g/mol. The number of methoxy groups -OCH3 is 1. The summed E-state index contributed by atoms with van der Waals surface area (Å²) in [6.45, 7) is 2.01. The Hall–Kier alpha value is -2.92. The van der Waals surface area contributed by atoms with Gasteiger partial charge in [-0.15, -0.1) is 0 Å². The van der Waals surface area contributed by atoms with Crippen LogP contribution in [0.5, 0.6) is 0 Å². The van der Waals surface area contributed by atoms with Gasteiger partial charge in [-0.3, -0.25) is 0 Å². The van der Waals surface area contributed by atoms with Crippen molar-refractivity contribution in [1.29, 1.82) is 0 Å². The van der Waals surface area contributed by atoms with Crippen molar-refractivity contribution in [2.45, 2.75) is 68.4 Å². The van der Waals surface area contributed by atoms with Crippen LogP contribution in [0.4, 0.5) is 0 Å². The number of sulfone groups is 1. The molecule has 1 atom stereocenters. The first-order chi connectivity index (χ1) is 17.4. The van der Waals surface area contributed by atoms with Gasteiger partial charge in [0.15, 0.2) is 9.84 Å². The molecule has 1 aliphatic rings. The van der Waals surface area contributed by atoms with Crippen molar-refractivity contribution in [2.24, 2.45) is 5.92 Å². The lowest BCUT2D eigenvalue weighted by Gasteiger charge is -2.25. The third-order valence-electron chi connectivity index (χ3n) is 7.52. The van der Waals surface area contributed by atoms with Crippen LogP contribution in [-0.2, 0) is 21.0 Å². The fourth-order valence-corrected chi connectivity index (χ4v) is 7.21. The lowest BCUT2D eigenvalue weighted by atomic mass is 9.85. The second kappa shape index (κ2) is 11.9. The number of ether oxygens (including phenoxy) is 1. The van der Waals surface area contributed by atoms with E-state index >= 15 is 0 Å². The zero-order valence-corrected chi connectivity index (χ0v) is 22.1. The molecule has 0 heterocycles. The van der Waals surface area contributed by atoms with Gasteiger partial charge >= 0.3 is 5.97 Å². The highest BCUT2D eigenvalue weighted by molar-refractivity contribution is 7.92. The van der Waals surface area contributed by atoms with Gasteiger partial charge < -0.3 is 4.74 Å². The van der Waals surface area contributed by atoms with Crippen LogP contribution in [0.3, 0.4) is 0 Å². The molecule has 0 bridgehead atoms. The van der Waals surface area contributed by atoms with Crippen molar-refractivity contribution in [3.63, 3.8) is 0 Å². The fraction of sp³-hybridized carbons (Fsp3) is 0.387. The minimum atomic E-state index is -3.51. The Morgan fingerprint density at radius 1 is 0.917 bits per heavy atom. The van der Waals surface area contributed by atoms with Crippen molar-refractivity contribution in [3.8, 4) is 11.1 Å². The number of hydrogen-bond donors (Lipinski definition) is 0. The van der Waals surface area contributed by atoms with Crippen molar-refractivity contribution < 1.29 is 17.9 Å². The van der Waals surface area contributed by atoms with E-state index in [1.54, 1.807) is 30.3 Å². The lowest BCUT2D eigenvalue weighted by molar-refractivity contribution is 0.0601. The van der Waals surface area contributed by atoms with Crippen LogP contribution in [0, 0.1) is 12.8 Å². The standard InChI is InChI=1S/C31H36O4S/c1-23-11-9-10-16-28(23)30-22-25(18-20-29(30)31(32)35-2)21-27(19-17-24-12-5-3-6-13-24)36(33,34)26-14-7-4-8-15-26/h4,7-11,14-16,18,20,22,24,27H,3,5-6,12-13,17,19,21H2,1-2H3. The number of carbonyl (C=O) groups excluding carboxylic acids is 1. The molecule has 3 aromatic rings. The van der Waals surface area contributed by atoms with Crippen molar-refractivity contribution >= 4 is 15.8 Å². The van der Waals surface area contributed by atoms with Gasteiger partial charge in [-0.05, 0) is 72.6 Å². The number of benzene rings is 3. The Bertz CT molecular complexity index is 1270. The van der Waals surface area contributed by atoms with E-state index in [4.69, 9.17) is 4.74 Å². The number of aryl methyl sites for hydroxylation is 1. The zero-order chi connectivity index (χ0) is 25.5. The molecule has 5 heteroatoms. The largest absolute Gasteiger partial charge is 0.465 e. The maximum atomic E-state index is 13.8. The third-order valence-corrected chi connectivity index (χ3v) is 9.73. The van der Waals surface area contributed by atoms with Gasteiger partial charge in [0, 0.05) is 0 Å². The number of hydrogen-bond acceptors (Lipinski definition) is 4. The second-order valence-corrected chi connectivity index (χ2v) is 12.2. The first kappa shape index (κ1) is 26.2. The van der Waals surface area contributed by atoms with Gasteiger partial charge in [0.25, 0.3) is 0 Å². The molecule has 0 N–H and O–H groups in total. The Morgan fingerprint density at radius 3 is 2.31 bits per heavy atom. The van der Waals surface area contributed by atoms with E-state index in [1.807, 2.05) is 49.4 Å². The molecule has 4 rings (SSSR count). The highest BCUT2D eigenvalue weighted by atomic mass is 32.2. The van der Waals surface area contributed by atoms with Crippen LogP contribution in [0.2, 0.25) is 0 Å². The molecule has 0 saturated heterocycles. The summed E-state index contributed by atoms with van der Waals surface area (Å²) in [7, 11) is -2.13. The normalized spacial score (nSPS) is 15.4. The minimum Gasteiger partial charge on any atom is -0.465 e. The number of esters is 1. The second-order valence-electron chi connectivity index (χ2n) is 9.95. The molecular formula is C31H36O4S. The lowest BCUT2D eigenvalue weighted by Crippen LogP contribution is -2.25. The van der Waals surface area contributed by atoms with Crippen molar-refractivity contribution in [2.75, 3.05) is 7.11 Å². The van der Waals surface area contributed by atoms with Gasteiger partial charge in [0.2, 0.25) is 0 Å². The Kier molecular flexibility index (Phi) is 8.63. The van der Waals surface area contributed by atoms with Crippen LogP contribution in [0.1, 0.15) is 66.4 Å². The van der Waals surface area contributed by atoms with E-state index in [-0.39, 0.29) is 0 Å². The monoisotopic (exact) mass is 504 g/mol. The molecule has 4 nitrogen and oxygen atoms in total. The van der Waals surface area contributed by atoms with E-state index in [0.29, 0.717) is 29.2 Å². The average Bonchev–Trinajstić information content (AvgIpc) is 2.91. The van der Waals surface area contributed by atoms with Crippen LogP contribution in [0.15, 0.2) is 77.7 Å². The summed E-state index contributed by atoms with van der Waals surface area (Å²) in [4.78, 5) is 12.9. The Morgan fingerprint density at radius 2 is 1.61 bits per heavy atom. The van der Waals surface area contributed by atoms with Crippen LogP contribution >= 0.6 is 0 Å². The van der Waals surface area contributed by atoms with Crippen molar-refractivity contribution in [3.05, 3.63) is 89.5 Å². The number of rotatable bonds is 9. The van der Waals surface area contributed by atoms with E-state index in [9.17, 15) is 13.2 Å². The maximum absolute atomic E-state index is 13.8. The third kappa shape index (κ3) is 6.07. The molecule has 0 aliphatic heterocycles. The molecule has 0 radical (unpaired) electrons.